The number of carbonyl (C=O) groups excluding carboxylic acids is 2. The van der Waals surface area contributed by atoms with E-state index >= 15 is 0 Å². The van der Waals surface area contributed by atoms with Crippen LogP contribution in [0.2, 0.25) is 0 Å². The molecule has 9 heteroatoms. The number of likely N-dealkylation sites (tertiary alicyclic amines) is 1. The predicted molar refractivity (Wildman–Crippen MR) is 132 cm³/mol. The van der Waals surface area contributed by atoms with Crippen molar-refractivity contribution >= 4 is 17.4 Å². The summed E-state index contributed by atoms with van der Waals surface area (Å²) in [6, 6.07) is 9.29. The van der Waals surface area contributed by atoms with Crippen molar-refractivity contribution in [3.8, 4) is 23.0 Å². The lowest BCUT2D eigenvalue weighted by Crippen LogP contribution is -2.32. The SMILES string of the molecule is COCCN1C(=O)C(=O)/C(=C(/O)c2ccc3c(c2)OCCO3)C1c1ccc(OC)c(OCC(C)C)c1. The zero-order valence-electron chi connectivity index (χ0n) is 20.9. The molecule has 4 rings (SSSR count). The van der Waals surface area contributed by atoms with Gasteiger partial charge in [0.05, 0.1) is 31.9 Å². The average molecular weight is 498 g/mol. The van der Waals surface area contributed by atoms with Crippen LogP contribution in [0.1, 0.15) is 31.0 Å². The largest absolute Gasteiger partial charge is 0.507 e. The minimum atomic E-state index is -0.847. The van der Waals surface area contributed by atoms with E-state index in [0.717, 1.165) is 0 Å². The molecule has 1 N–H and O–H groups in total. The molecule has 2 aliphatic heterocycles. The first-order chi connectivity index (χ1) is 17.3. The van der Waals surface area contributed by atoms with Crippen molar-refractivity contribution in [2.45, 2.75) is 19.9 Å². The summed E-state index contributed by atoms with van der Waals surface area (Å²) >= 11 is 0. The highest BCUT2D eigenvalue weighted by molar-refractivity contribution is 6.46. The number of Topliss-reactive ketones (excluding diaryl/α,β-unsaturated/α-hetero) is 1. The summed E-state index contributed by atoms with van der Waals surface area (Å²) in [4.78, 5) is 27.7. The first kappa shape index (κ1) is 25.4. The highest BCUT2D eigenvalue weighted by atomic mass is 16.6. The van der Waals surface area contributed by atoms with Gasteiger partial charge in [0.2, 0.25) is 0 Å². The third kappa shape index (κ3) is 4.97. The van der Waals surface area contributed by atoms with Gasteiger partial charge in [-0.05, 0) is 41.8 Å². The fourth-order valence-electron chi connectivity index (χ4n) is 4.23. The van der Waals surface area contributed by atoms with Gasteiger partial charge in [0, 0.05) is 19.2 Å². The highest BCUT2D eigenvalue weighted by Crippen LogP contribution is 2.43. The Balaban J connectivity index is 1.82. The van der Waals surface area contributed by atoms with Gasteiger partial charge in [0.25, 0.3) is 11.7 Å². The second kappa shape index (κ2) is 10.9. The third-order valence-electron chi connectivity index (χ3n) is 5.97. The minimum absolute atomic E-state index is 0.0206. The van der Waals surface area contributed by atoms with E-state index in [2.05, 4.69) is 0 Å². The number of aliphatic hydroxyl groups excluding tert-OH is 1. The Hall–Kier alpha value is -3.72. The van der Waals surface area contributed by atoms with Crippen molar-refractivity contribution in [2.75, 3.05) is 47.2 Å². The van der Waals surface area contributed by atoms with E-state index < -0.39 is 17.7 Å². The molecule has 0 bridgehead atoms. The number of carbonyl (C=O) groups is 2. The molecule has 2 aliphatic rings. The summed E-state index contributed by atoms with van der Waals surface area (Å²) in [7, 11) is 3.07. The van der Waals surface area contributed by atoms with Crippen molar-refractivity contribution < 1.29 is 38.4 Å². The van der Waals surface area contributed by atoms with E-state index in [-0.39, 0.29) is 30.4 Å². The van der Waals surface area contributed by atoms with Gasteiger partial charge in [0.15, 0.2) is 23.0 Å². The van der Waals surface area contributed by atoms with Crippen LogP contribution >= 0.6 is 0 Å². The highest BCUT2D eigenvalue weighted by Gasteiger charge is 2.46. The molecule has 192 valence electrons. The van der Waals surface area contributed by atoms with Crippen LogP contribution < -0.4 is 18.9 Å². The van der Waals surface area contributed by atoms with Gasteiger partial charge in [-0.15, -0.1) is 0 Å². The second-order valence-electron chi connectivity index (χ2n) is 8.96. The summed E-state index contributed by atoms with van der Waals surface area (Å²) < 4.78 is 27.8. The van der Waals surface area contributed by atoms with Crippen molar-refractivity contribution in [3.63, 3.8) is 0 Å². The number of ether oxygens (including phenoxy) is 5. The number of rotatable bonds is 9. The monoisotopic (exact) mass is 497 g/mol. The number of amides is 1. The molecule has 0 spiro atoms. The Morgan fingerprint density at radius 2 is 1.81 bits per heavy atom. The van der Waals surface area contributed by atoms with Crippen LogP contribution in [0, 0.1) is 5.92 Å². The van der Waals surface area contributed by atoms with Gasteiger partial charge < -0.3 is 33.7 Å². The molecule has 1 unspecified atom stereocenters. The van der Waals surface area contributed by atoms with Gasteiger partial charge in [-0.1, -0.05) is 19.9 Å². The first-order valence-electron chi connectivity index (χ1n) is 11.8. The van der Waals surface area contributed by atoms with Crippen LogP contribution in [0.5, 0.6) is 23.0 Å². The number of aliphatic hydroxyl groups is 1. The summed E-state index contributed by atoms with van der Waals surface area (Å²) in [6.07, 6.45) is 0. The van der Waals surface area contributed by atoms with E-state index in [1.807, 2.05) is 13.8 Å². The molecule has 1 atom stereocenters. The topological polar surface area (TPSA) is 104 Å². The molecule has 0 aromatic heterocycles. The molecule has 0 aliphatic carbocycles. The smallest absolute Gasteiger partial charge is 0.295 e. The molecule has 2 aromatic carbocycles. The standard InChI is InChI=1S/C27H31NO8/c1-16(2)15-36-21-13-17(5-7-19(21)33-4)24-23(26(30)27(31)28(24)9-10-32-3)25(29)18-6-8-20-22(14-18)35-12-11-34-20/h5-8,13-14,16,24,29H,9-12,15H2,1-4H3/b25-23+. The van der Waals surface area contributed by atoms with Crippen LogP contribution in [-0.4, -0.2) is 68.9 Å². The number of hydrogen-bond donors (Lipinski definition) is 1. The normalized spacial score (nSPS) is 18.6. The fraction of sp³-hybridized carbons (Fsp3) is 0.407. The first-order valence-corrected chi connectivity index (χ1v) is 11.8. The number of fused-ring (bicyclic) bond motifs is 1. The molecular weight excluding hydrogens is 466 g/mol. The molecule has 0 radical (unpaired) electrons. The van der Waals surface area contributed by atoms with E-state index in [1.54, 1.807) is 43.5 Å². The maximum absolute atomic E-state index is 13.2. The molecule has 2 aromatic rings. The van der Waals surface area contributed by atoms with Gasteiger partial charge in [-0.3, -0.25) is 9.59 Å². The molecular formula is C27H31NO8. The Morgan fingerprint density at radius 1 is 1.06 bits per heavy atom. The maximum Gasteiger partial charge on any atom is 0.295 e. The molecule has 36 heavy (non-hydrogen) atoms. The van der Waals surface area contributed by atoms with E-state index in [1.165, 1.54) is 12.0 Å². The molecule has 1 amide bonds. The number of hydrogen-bond acceptors (Lipinski definition) is 8. The Labute approximate surface area is 210 Å². The number of ketones is 1. The van der Waals surface area contributed by atoms with Crippen LogP contribution in [0.4, 0.5) is 0 Å². The van der Waals surface area contributed by atoms with Gasteiger partial charge >= 0.3 is 0 Å². The number of benzene rings is 2. The quantitative estimate of drug-likeness (QED) is 0.319. The zero-order chi connectivity index (χ0) is 25.8. The Morgan fingerprint density at radius 3 is 2.50 bits per heavy atom. The molecule has 9 nitrogen and oxygen atoms in total. The second-order valence-corrected chi connectivity index (χ2v) is 8.96. The number of methoxy groups -OCH3 is 2. The van der Waals surface area contributed by atoms with Crippen molar-refractivity contribution in [2.24, 2.45) is 5.92 Å². The van der Waals surface area contributed by atoms with Gasteiger partial charge in [-0.2, -0.15) is 0 Å². The fourth-order valence-corrected chi connectivity index (χ4v) is 4.23. The third-order valence-corrected chi connectivity index (χ3v) is 5.97. The molecule has 1 fully saturated rings. The van der Waals surface area contributed by atoms with Gasteiger partial charge in [0.1, 0.15) is 19.0 Å². The summed E-state index contributed by atoms with van der Waals surface area (Å²) in [5.74, 6) is 0.527. The van der Waals surface area contributed by atoms with E-state index in [0.29, 0.717) is 53.9 Å². The van der Waals surface area contributed by atoms with Crippen LogP contribution in [-0.2, 0) is 14.3 Å². The van der Waals surface area contributed by atoms with Crippen molar-refractivity contribution in [1.82, 2.24) is 4.90 Å². The van der Waals surface area contributed by atoms with Crippen LogP contribution in [0.25, 0.3) is 5.76 Å². The lowest BCUT2D eigenvalue weighted by atomic mass is 9.94. The van der Waals surface area contributed by atoms with E-state index in [4.69, 9.17) is 23.7 Å². The van der Waals surface area contributed by atoms with Crippen molar-refractivity contribution in [3.05, 3.63) is 53.1 Å². The van der Waals surface area contributed by atoms with Crippen molar-refractivity contribution in [1.29, 1.82) is 0 Å². The lowest BCUT2D eigenvalue weighted by molar-refractivity contribution is -0.140. The lowest BCUT2D eigenvalue weighted by Gasteiger charge is -2.26. The summed E-state index contributed by atoms with van der Waals surface area (Å²) in [5.41, 5.74) is 0.926. The molecule has 2 heterocycles. The predicted octanol–water partition coefficient (Wildman–Crippen LogP) is 3.57. The zero-order valence-corrected chi connectivity index (χ0v) is 20.9. The van der Waals surface area contributed by atoms with E-state index in [9.17, 15) is 14.7 Å². The number of nitrogens with zero attached hydrogens (tertiary/aromatic N) is 1. The Bertz CT molecular complexity index is 1170. The molecule has 0 saturated carbocycles. The average Bonchev–Trinajstić information content (AvgIpc) is 3.14. The molecule has 1 saturated heterocycles. The summed E-state index contributed by atoms with van der Waals surface area (Å²) in [5, 5.41) is 11.3. The maximum atomic E-state index is 13.2. The van der Waals surface area contributed by atoms with Gasteiger partial charge in [-0.25, -0.2) is 0 Å². The summed E-state index contributed by atoms with van der Waals surface area (Å²) in [6.45, 7) is 5.72. The Kier molecular flexibility index (Phi) is 7.69. The van der Waals surface area contributed by atoms with Crippen LogP contribution in [0.3, 0.4) is 0 Å². The minimum Gasteiger partial charge on any atom is -0.507 e. The van der Waals surface area contributed by atoms with Crippen LogP contribution in [0.15, 0.2) is 42.0 Å².